The Labute approximate surface area is 151 Å². The molecule has 3 nitrogen and oxygen atoms in total. The molecule has 1 saturated carbocycles. The lowest BCUT2D eigenvalue weighted by Crippen LogP contribution is -2.42. The summed E-state index contributed by atoms with van der Waals surface area (Å²) in [6, 6.07) is 6.20. The quantitative estimate of drug-likeness (QED) is 0.809. The van der Waals surface area contributed by atoms with Crippen molar-refractivity contribution in [3.8, 4) is 0 Å². The highest BCUT2D eigenvalue weighted by Gasteiger charge is 2.27. The van der Waals surface area contributed by atoms with Crippen molar-refractivity contribution in [3.05, 3.63) is 33.3 Å². The van der Waals surface area contributed by atoms with E-state index in [4.69, 9.17) is 11.6 Å². The van der Waals surface area contributed by atoms with E-state index in [1.54, 1.807) is 12.1 Å². The molecule has 1 amide bonds. The Morgan fingerprint density at radius 3 is 2.61 bits per heavy atom. The lowest BCUT2D eigenvalue weighted by atomic mass is 9.95. The predicted molar refractivity (Wildman–Crippen MR) is 98.0 cm³/mol. The molecule has 5 heteroatoms. The molecule has 1 aliphatic carbocycles. The summed E-state index contributed by atoms with van der Waals surface area (Å²) in [7, 11) is 0. The molecule has 23 heavy (non-hydrogen) atoms. The van der Waals surface area contributed by atoms with Gasteiger partial charge in [0.2, 0.25) is 0 Å². The van der Waals surface area contributed by atoms with Gasteiger partial charge in [-0.3, -0.25) is 4.79 Å². The van der Waals surface area contributed by atoms with E-state index in [0.717, 1.165) is 17.1 Å². The van der Waals surface area contributed by atoms with Crippen LogP contribution in [-0.2, 0) is 0 Å². The number of hydrogen-bond donors (Lipinski definition) is 1. The standard InChI is InChI=1S/C18H24BrClN2O/c19-14-5-6-17(20)16(11-14)18(23)21-12-13-7-9-22(10-8-13)15-3-1-2-4-15/h5-6,11,13,15H,1-4,7-10,12H2,(H,21,23). The Morgan fingerprint density at radius 2 is 1.91 bits per heavy atom. The van der Waals surface area contributed by atoms with Crippen LogP contribution < -0.4 is 5.32 Å². The van der Waals surface area contributed by atoms with Gasteiger partial charge in [0.1, 0.15) is 0 Å². The van der Waals surface area contributed by atoms with Gasteiger partial charge in [0.05, 0.1) is 10.6 Å². The fourth-order valence-electron chi connectivity index (χ4n) is 3.80. The first kappa shape index (κ1) is 17.2. The first-order valence-electron chi connectivity index (χ1n) is 8.61. The molecule has 3 rings (SSSR count). The average molecular weight is 400 g/mol. The third kappa shape index (κ3) is 4.49. The van der Waals surface area contributed by atoms with Gasteiger partial charge < -0.3 is 10.2 Å². The molecule has 2 aliphatic rings. The van der Waals surface area contributed by atoms with E-state index in [2.05, 4.69) is 26.1 Å². The summed E-state index contributed by atoms with van der Waals surface area (Å²) in [5.74, 6) is 0.511. The largest absolute Gasteiger partial charge is 0.352 e. The number of amides is 1. The predicted octanol–water partition coefficient (Wildman–Crippen LogP) is 4.49. The molecule has 126 valence electrons. The van der Waals surface area contributed by atoms with Gasteiger partial charge in [-0.25, -0.2) is 0 Å². The molecule has 0 aromatic heterocycles. The number of hydrogen-bond acceptors (Lipinski definition) is 2. The van der Waals surface area contributed by atoms with Gasteiger partial charge in [-0.15, -0.1) is 0 Å². The molecule has 0 radical (unpaired) electrons. The number of nitrogens with one attached hydrogen (secondary N) is 1. The molecule has 1 N–H and O–H groups in total. The molecule has 1 aromatic carbocycles. The van der Waals surface area contributed by atoms with Crippen LogP contribution in [0.1, 0.15) is 48.9 Å². The van der Waals surface area contributed by atoms with Crippen LogP contribution >= 0.6 is 27.5 Å². The van der Waals surface area contributed by atoms with Crippen LogP contribution in [0.4, 0.5) is 0 Å². The van der Waals surface area contributed by atoms with Crippen LogP contribution in [0.25, 0.3) is 0 Å². The van der Waals surface area contributed by atoms with Crippen LogP contribution in [0.5, 0.6) is 0 Å². The SMILES string of the molecule is O=C(NCC1CCN(C2CCCC2)CC1)c1cc(Br)ccc1Cl. The van der Waals surface area contributed by atoms with Gasteiger partial charge >= 0.3 is 0 Å². The molecular weight excluding hydrogens is 376 g/mol. The van der Waals surface area contributed by atoms with Crippen LogP contribution in [0.15, 0.2) is 22.7 Å². The summed E-state index contributed by atoms with van der Waals surface area (Å²) in [4.78, 5) is 15.0. The van der Waals surface area contributed by atoms with Gasteiger partial charge in [-0.05, 0) is 62.9 Å². The zero-order valence-electron chi connectivity index (χ0n) is 13.4. The number of carbonyl (C=O) groups excluding carboxylic acids is 1. The zero-order valence-corrected chi connectivity index (χ0v) is 15.7. The minimum Gasteiger partial charge on any atom is -0.352 e. The third-order valence-electron chi connectivity index (χ3n) is 5.21. The number of nitrogens with zero attached hydrogens (tertiary/aromatic N) is 1. The highest BCUT2D eigenvalue weighted by atomic mass is 79.9. The van der Waals surface area contributed by atoms with E-state index in [-0.39, 0.29) is 5.91 Å². The lowest BCUT2D eigenvalue weighted by Gasteiger charge is -2.36. The van der Waals surface area contributed by atoms with Crippen molar-refractivity contribution in [1.29, 1.82) is 0 Å². The Hall–Kier alpha value is -0.580. The zero-order chi connectivity index (χ0) is 16.2. The van der Waals surface area contributed by atoms with E-state index >= 15 is 0 Å². The molecule has 0 spiro atoms. The fraction of sp³-hybridized carbons (Fsp3) is 0.611. The molecule has 0 bridgehead atoms. The number of benzene rings is 1. The highest BCUT2D eigenvalue weighted by Crippen LogP contribution is 2.28. The second-order valence-electron chi connectivity index (χ2n) is 6.75. The van der Waals surface area contributed by atoms with Crippen LogP contribution in [-0.4, -0.2) is 36.5 Å². The van der Waals surface area contributed by atoms with E-state index in [0.29, 0.717) is 16.5 Å². The van der Waals surface area contributed by atoms with Gasteiger partial charge in [0.15, 0.2) is 0 Å². The van der Waals surface area contributed by atoms with Crippen LogP contribution in [0, 0.1) is 5.92 Å². The normalized spacial score (nSPS) is 20.8. The van der Waals surface area contributed by atoms with Gasteiger partial charge in [-0.2, -0.15) is 0 Å². The maximum Gasteiger partial charge on any atom is 0.252 e. The second-order valence-corrected chi connectivity index (χ2v) is 8.07. The van der Waals surface area contributed by atoms with E-state index in [1.807, 2.05) is 6.07 Å². The summed E-state index contributed by atoms with van der Waals surface area (Å²) in [6.07, 6.45) is 7.92. The monoisotopic (exact) mass is 398 g/mol. The fourth-order valence-corrected chi connectivity index (χ4v) is 4.36. The number of carbonyl (C=O) groups is 1. The van der Waals surface area contributed by atoms with Gasteiger partial charge in [0, 0.05) is 17.1 Å². The average Bonchev–Trinajstić information content (AvgIpc) is 3.10. The maximum atomic E-state index is 12.3. The summed E-state index contributed by atoms with van der Waals surface area (Å²) in [5, 5.41) is 3.56. The van der Waals surface area contributed by atoms with E-state index < -0.39 is 0 Å². The second kappa shape index (κ2) is 8.00. The Bertz CT molecular complexity index is 552. The molecule has 1 aliphatic heterocycles. The highest BCUT2D eigenvalue weighted by molar-refractivity contribution is 9.10. The van der Waals surface area contributed by atoms with Crippen LogP contribution in [0.2, 0.25) is 5.02 Å². The summed E-state index contributed by atoms with van der Waals surface area (Å²) >= 11 is 9.50. The van der Waals surface area contributed by atoms with Gasteiger partial charge in [-0.1, -0.05) is 40.4 Å². The minimum atomic E-state index is -0.0745. The third-order valence-corrected chi connectivity index (χ3v) is 6.04. The van der Waals surface area contributed by atoms with Crippen molar-refractivity contribution < 1.29 is 4.79 Å². The van der Waals surface area contributed by atoms with Gasteiger partial charge in [0.25, 0.3) is 5.91 Å². The minimum absolute atomic E-state index is 0.0745. The molecular formula is C18H24BrClN2O. The summed E-state index contributed by atoms with van der Waals surface area (Å²) in [6.45, 7) is 3.12. The Kier molecular flexibility index (Phi) is 6.00. The lowest BCUT2D eigenvalue weighted by molar-refractivity contribution is 0.0925. The molecule has 0 unspecified atom stereocenters. The van der Waals surface area contributed by atoms with Crippen molar-refractivity contribution >= 4 is 33.4 Å². The van der Waals surface area contributed by atoms with Crippen molar-refractivity contribution in [1.82, 2.24) is 10.2 Å². The summed E-state index contributed by atoms with van der Waals surface area (Å²) in [5.41, 5.74) is 0.546. The van der Waals surface area contributed by atoms with Crippen LogP contribution in [0.3, 0.4) is 0 Å². The maximum absolute atomic E-state index is 12.3. The van der Waals surface area contributed by atoms with E-state index in [1.165, 1.54) is 51.6 Å². The molecule has 0 atom stereocenters. The summed E-state index contributed by atoms with van der Waals surface area (Å²) < 4.78 is 0.872. The first-order valence-corrected chi connectivity index (χ1v) is 9.78. The molecule has 2 fully saturated rings. The molecule has 1 saturated heterocycles. The Morgan fingerprint density at radius 1 is 1.22 bits per heavy atom. The molecule has 1 aromatic rings. The van der Waals surface area contributed by atoms with Crippen molar-refractivity contribution in [2.75, 3.05) is 19.6 Å². The van der Waals surface area contributed by atoms with Crippen molar-refractivity contribution in [3.63, 3.8) is 0 Å². The van der Waals surface area contributed by atoms with Crippen molar-refractivity contribution in [2.45, 2.75) is 44.6 Å². The number of piperidine rings is 1. The number of rotatable bonds is 4. The topological polar surface area (TPSA) is 32.3 Å². The van der Waals surface area contributed by atoms with E-state index in [9.17, 15) is 4.79 Å². The molecule has 1 heterocycles. The first-order chi connectivity index (χ1) is 11.1. The number of halogens is 2. The smallest absolute Gasteiger partial charge is 0.252 e. The number of likely N-dealkylation sites (tertiary alicyclic amines) is 1. The van der Waals surface area contributed by atoms with Crippen molar-refractivity contribution in [2.24, 2.45) is 5.92 Å². The Balaban J connectivity index is 1.46.